The van der Waals surface area contributed by atoms with E-state index in [9.17, 15) is 4.79 Å². The Morgan fingerprint density at radius 2 is 2.06 bits per heavy atom. The van der Waals surface area contributed by atoms with Crippen LogP contribution < -0.4 is 0 Å². The summed E-state index contributed by atoms with van der Waals surface area (Å²) in [6.07, 6.45) is 0.566. The highest BCUT2D eigenvalue weighted by atomic mass is 32.2. The predicted octanol–water partition coefficient (Wildman–Crippen LogP) is 3.40. The summed E-state index contributed by atoms with van der Waals surface area (Å²) in [6, 6.07) is 7.90. The SMILES string of the molecule is CCC(=O)C(C)Sc1nc(C)nc2ccccc12. The summed E-state index contributed by atoms with van der Waals surface area (Å²) in [7, 11) is 0. The van der Waals surface area contributed by atoms with Crippen molar-refractivity contribution in [3.8, 4) is 0 Å². The van der Waals surface area contributed by atoms with Gasteiger partial charge in [0.25, 0.3) is 0 Å². The summed E-state index contributed by atoms with van der Waals surface area (Å²) in [5, 5.41) is 1.85. The van der Waals surface area contributed by atoms with Crippen LogP contribution in [-0.2, 0) is 4.79 Å². The third-order valence-electron chi connectivity index (χ3n) is 2.77. The van der Waals surface area contributed by atoms with Crippen molar-refractivity contribution < 1.29 is 4.79 Å². The largest absolute Gasteiger partial charge is 0.298 e. The van der Waals surface area contributed by atoms with Crippen LogP contribution in [0.25, 0.3) is 10.9 Å². The summed E-state index contributed by atoms with van der Waals surface area (Å²) in [5.74, 6) is 0.993. The van der Waals surface area contributed by atoms with E-state index in [1.165, 1.54) is 11.8 Å². The van der Waals surface area contributed by atoms with E-state index in [-0.39, 0.29) is 11.0 Å². The molecule has 0 saturated carbocycles. The number of ketones is 1. The van der Waals surface area contributed by atoms with E-state index in [2.05, 4.69) is 9.97 Å². The number of fused-ring (bicyclic) bond motifs is 1. The molecule has 0 fully saturated rings. The molecule has 94 valence electrons. The number of nitrogens with zero attached hydrogens (tertiary/aromatic N) is 2. The number of para-hydroxylation sites is 1. The van der Waals surface area contributed by atoms with Crippen molar-refractivity contribution >= 4 is 28.4 Å². The molecule has 0 radical (unpaired) electrons. The molecule has 1 unspecified atom stereocenters. The summed E-state index contributed by atoms with van der Waals surface area (Å²) in [4.78, 5) is 20.5. The summed E-state index contributed by atoms with van der Waals surface area (Å²) in [5.41, 5.74) is 0.934. The molecule has 0 saturated heterocycles. The van der Waals surface area contributed by atoms with E-state index in [1.807, 2.05) is 45.0 Å². The van der Waals surface area contributed by atoms with Crippen molar-refractivity contribution in [2.24, 2.45) is 0 Å². The molecule has 0 aliphatic heterocycles. The zero-order valence-corrected chi connectivity index (χ0v) is 11.6. The highest BCUT2D eigenvalue weighted by Crippen LogP contribution is 2.29. The molecular formula is C14H16N2OS. The van der Waals surface area contributed by atoms with Crippen molar-refractivity contribution in [3.05, 3.63) is 30.1 Å². The van der Waals surface area contributed by atoms with E-state index in [4.69, 9.17) is 0 Å². The highest BCUT2D eigenvalue weighted by Gasteiger charge is 2.15. The van der Waals surface area contributed by atoms with Crippen LogP contribution in [0.15, 0.2) is 29.3 Å². The minimum atomic E-state index is -0.0623. The lowest BCUT2D eigenvalue weighted by Crippen LogP contribution is -2.11. The van der Waals surface area contributed by atoms with E-state index < -0.39 is 0 Å². The fraction of sp³-hybridized carbons (Fsp3) is 0.357. The Labute approximate surface area is 111 Å². The second-order valence-electron chi connectivity index (χ2n) is 4.17. The second kappa shape index (κ2) is 5.48. The molecule has 3 nitrogen and oxygen atoms in total. The van der Waals surface area contributed by atoms with Crippen molar-refractivity contribution in [2.45, 2.75) is 37.5 Å². The molecule has 2 aromatic rings. The van der Waals surface area contributed by atoms with Gasteiger partial charge in [-0.05, 0) is 19.9 Å². The summed E-state index contributed by atoms with van der Waals surface area (Å²) >= 11 is 1.52. The third kappa shape index (κ3) is 2.70. The number of aryl methyl sites for hydroxylation is 1. The first kappa shape index (κ1) is 13.0. The molecular weight excluding hydrogens is 244 g/mol. The summed E-state index contributed by atoms with van der Waals surface area (Å²) < 4.78 is 0. The first-order chi connectivity index (χ1) is 8.61. The van der Waals surface area contributed by atoms with Gasteiger partial charge >= 0.3 is 0 Å². The maximum atomic E-state index is 11.7. The molecule has 2 rings (SSSR count). The maximum Gasteiger partial charge on any atom is 0.145 e. The molecule has 0 aliphatic rings. The van der Waals surface area contributed by atoms with Crippen LogP contribution in [0.5, 0.6) is 0 Å². The van der Waals surface area contributed by atoms with E-state index in [0.717, 1.165) is 21.8 Å². The Hall–Kier alpha value is -1.42. The van der Waals surface area contributed by atoms with Crippen LogP contribution in [0.1, 0.15) is 26.1 Å². The van der Waals surface area contributed by atoms with Gasteiger partial charge in [0.15, 0.2) is 0 Å². The van der Waals surface area contributed by atoms with E-state index in [1.54, 1.807) is 0 Å². The Kier molecular flexibility index (Phi) is 3.97. The Bertz CT molecular complexity index is 583. The molecule has 0 spiro atoms. The highest BCUT2D eigenvalue weighted by molar-refractivity contribution is 8.00. The lowest BCUT2D eigenvalue weighted by molar-refractivity contribution is -0.117. The molecule has 1 aromatic heterocycles. The molecule has 4 heteroatoms. The zero-order chi connectivity index (χ0) is 13.1. The molecule has 0 amide bonds. The van der Waals surface area contributed by atoms with Gasteiger partial charge < -0.3 is 0 Å². The van der Waals surface area contributed by atoms with Crippen LogP contribution >= 0.6 is 11.8 Å². The van der Waals surface area contributed by atoms with Gasteiger partial charge in [-0.3, -0.25) is 4.79 Å². The first-order valence-corrected chi connectivity index (χ1v) is 6.92. The second-order valence-corrected chi connectivity index (χ2v) is 5.50. The predicted molar refractivity (Wildman–Crippen MR) is 74.9 cm³/mol. The van der Waals surface area contributed by atoms with E-state index >= 15 is 0 Å². The fourth-order valence-electron chi connectivity index (χ4n) is 1.77. The quantitative estimate of drug-likeness (QED) is 0.624. The van der Waals surface area contributed by atoms with E-state index in [0.29, 0.717) is 6.42 Å². The zero-order valence-electron chi connectivity index (χ0n) is 10.8. The van der Waals surface area contributed by atoms with Gasteiger partial charge in [-0.2, -0.15) is 0 Å². The molecule has 0 aliphatic carbocycles. The van der Waals surface area contributed by atoms with Crippen LogP contribution in [0, 0.1) is 6.92 Å². The lowest BCUT2D eigenvalue weighted by Gasteiger charge is -2.10. The van der Waals surface area contributed by atoms with Crippen molar-refractivity contribution in [3.63, 3.8) is 0 Å². The third-order valence-corrected chi connectivity index (χ3v) is 3.92. The minimum Gasteiger partial charge on any atom is -0.298 e. The molecule has 1 heterocycles. The minimum absolute atomic E-state index is 0.0623. The van der Waals surface area contributed by atoms with Crippen molar-refractivity contribution in [1.29, 1.82) is 0 Å². The number of aromatic nitrogens is 2. The van der Waals surface area contributed by atoms with Gasteiger partial charge in [0.1, 0.15) is 16.6 Å². The standard InChI is InChI=1S/C14H16N2OS/c1-4-13(17)9(2)18-14-11-7-5-6-8-12(11)15-10(3)16-14/h5-9H,4H2,1-3H3. The Balaban J connectivity index is 2.41. The van der Waals surface area contributed by atoms with Gasteiger partial charge in [0.2, 0.25) is 0 Å². The molecule has 1 atom stereocenters. The summed E-state index contributed by atoms with van der Waals surface area (Å²) in [6.45, 7) is 5.70. The van der Waals surface area contributed by atoms with Gasteiger partial charge in [0, 0.05) is 11.8 Å². The molecule has 0 bridgehead atoms. The fourth-order valence-corrected chi connectivity index (χ4v) is 2.89. The van der Waals surface area contributed by atoms with Crippen molar-refractivity contribution in [2.75, 3.05) is 0 Å². The van der Waals surface area contributed by atoms with Crippen LogP contribution in [-0.4, -0.2) is 21.0 Å². The Morgan fingerprint density at radius 1 is 1.33 bits per heavy atom. The molecule has 0 N–H and O–H groups in total. The lowest BCUT2D eigenvalue weighted by atomic mass is 10.2. The monoisotopic (exact) mass is 260 g/mol. The normalized spacial score (nSPS) is 12.6. The average molecular weight is 260 g/mol. The van der Waals surface area contributed by atoms with Gasteiger partial charge in [-0.15, -0.1) is 0 Å². The number of Topliss-reactive ketones (excluding diaryl/α,β-unsaturated/α-hetero) is 1. The van der Waals surface area contributed by atoms with Gasteiger partial charge in [-0.25, -0.2) is 9.97 Å². The van der Waals surface area contributed by atoms with Gasteiger partial charge in [-0.1, -0.05) is 36.9 Å². The van der Waals surface area contributed by atoms with Crippen LogP contribution in [0.4, 0.5) is 0 Å². The van der Waals surface area contributed by atoms with Crippen molar-refractivity contribution in [1.82, 2.24) is 9.97 Å². The Morgan fingerprint density at radius 3 is 2.78 bits per heavy atom. The number of hydrogen-bond acceptors (Lipinski definition) is 4. The number of carbonyl (C=O) groups is 1. The number of carbonyl (C=O) groups excluding carboxylic acids is 1. The van der Waals surface area contributed by atoms with Crippen LogP contribution in [0.2, 0.25) is 0 Å². The van der Waals surface area contributed by atoms with Gasteiger partial charge in [0.05, 0.1) is 10.8 Å². The number of rotatable bonds is 4. The van der Waals surface area contributed by atoms with Crippen LogP contribution in [0.3, 0.4) is 0 Å². The molecule has 1 aromatic carbocycles. The average Bonchev–Trinajstić information content (AvgIpc) is 2.37. The first-order valence-electron chi connectivity index (χ1n) is 6.04. The molecule has 18 heavy (non-hydrogen) atoms. The maximum absolute atomic E-state index is 11.7. The topological polar surface area (TPSA) is 42.9 Å². The number of hydrogen-bond donors (Lipinski definition) is 0. The number of thioether (sulfide) groups is 1. The smallest absolute Gasteiger partial charge is 0.145 e. The number of benzene rings is 1.